The normalized spacial score (nSPS) is 12.9. The first-order valence-electron chi connectivity index (χ1n) is 9.62. The minimum atomic E-state index is -0.675. The molecule has 3 N–H and O–H groups in total. The van der Waals surface area contributed by atoms with E-state index in [2.05, 4.69) is 20.3 Å². The van der Waals surface area contributed by atoms with Gasteiger partial charge in [-0.3, -0.25) is 14.2 Å². The molecule has 0 saturated heterocycles. The van der Waals surface area contributed by atoms with Gasteiger partial charge in [0.05, 0.1) is 16.4 Å². The molecule has 158 valence electrons. The number of nitrogens with zero attached hydrogens (tertiary/aromatic N) is 2. The topological polar surface area (TPSA) is 139 Å². The molecule has 11 heteroatoms. The Balaban J connectivity index is 1.30. The summed E-state index contributed by atoms with van der Waals surface area (Å²) in [7, 11) is 0. The first-order chi connectivity index (χ1) is 14.9. The largest absolute Gasteiger partial charge is 0.451 e. The highest BCUT2D eigenvalue weighted by Crippen LogP contribution is 2.29. The van der Waals surface area contributed by atoms with E-state index in [1.807, 2.05) is 0 Å². The van der Waals surface area contributed by atoms with Gasteiger partial charge in [-0.25, -0.2) is 14.6 Å². The molecular formula is C20H17N5O5S. The van der Waals surface area contributed by atoms with Crippen molar-refractivity contribution in [2.75, 3.05) is 11.9 Å². The van der Waals surface area contributed by atoms with Gasteiger partial charge in [0.15, 0.2) is 6.61 Å². The number of aromatic nitrogens is 4. The van der Waals surface area contributed by atoms with Crippen molar-refractivity contribution in [3.8, 4) is 0 Å². The van der Waals surface area contributed by atoms with Crippen LogP contribution in [0.4, 0.5) is 5.69 Å². The fourth-order valence-corrected chi connectivity index (χ4v) is 4.86. The summed E-state index contributed by atoms with van der Waals surface area (Å²) < 4.78 is 6.82. The summed E-state index contributed by atoms with van der Waals surface area (Å²) in [6.07, 6.45) is 1.63. The van der Waals surface area contributed by atoms with Crippen molar-refractivity contribution in [2.45, 2.75) is 26.3 Å². The molecule has 5 rings (SSSR count). The molecule has 0 atom stereocenters. The second-order valence-corrected chi connectivity index (χ2v) is 8.29. The van der Waals surface area contributed by atoms with Gasteiger partial charge in [0.2, 0.25) is 0 Å². The van der Waals surface area contributed by atoms with Crippen molar-refractivity contribution < 1.29 is 14.3 Å². The number of H-pyrrole nitrogens is 2. The molecule has 0 bridgehead atoms. The number of esters is 1. The Morgan fingerprint density at radius 3 is 2.90 bits per heavy atom. The molecule has 10 nitrogen and oxygen atoms in total. The van der Waals surface area contributed by atoms with Crippen LogP contribution in [0.1, 0.15) is 27.5 Å². The van der Waals surface area contributed by atoms with Gasteiger partial charge in [-0.15, -0.1) is 11.3 Å². The summed E-state index contributed by atoms with van der Waals surface area (Å²) in [6.45, 7) is 1.83. The molecule has 0 radical (unpaired) electrons. The van der Waals surface area contributed by atoms with E-state index in [-0.39, 0.29) is 16.1 Å². The molecule has 0 aliphatic carbocycles. The van der Waals surface area contributed by atoms with Crippen molar-refractivity contribution in [1.82, 2.24) is 19.5 Å². The van der Waals surface area contributed by atoms with Crippen molar-refractivity contribution in [1.29, 1.82) is 0 Å². The lowest BCUT2D eigenvalue weighted by Crippen LogP contribution is -2.21. The Morgan fingerprint density at radius 2 is 2.06 bits per heavy atom. The minimum Gasteiger partial charge on any atom is -0.451 e. The van der Waals surface area contributed by atoms with Crippen molar-refractivity contribution in [3.63, 3.8) is 0 Å². The van der Waals surface area contributed by atoms with Crippen LogP contribution in [0.5, 0.6) is 0 Å². The zero-order chi connectivity index (χ0) is 21.7. The number of aryl methyl sites for hydroxylation is 2. The summed E-state index contributed by atoms with van der Waals surface area (Å²) in [5.74, 6) is -0.467. The summed E-state index contributed by atoms with van der Waals surface area (Å²) in [5.41, 5.74) is 1.66. The molecule has 1 aliphatic heterocycles. The summed E-state index contributed by atoms with van der Waals surface area (Å²) in [5, 5.41) is 3.05. The number of rotatable bonds is 4. The van der Waals surface area contributed by atoms with E-state index in [9.17, 15) is 19.2 Å². The van der Waals surface area contributed by atoms with Crippen molar-refractivity contribution >= 4 is 50.2 Å². The summed E-state index contributed by atoms with van der Waals surface area (Å²) in [4.78, 5) is 59.3. The average molecular weight is 439 g/mol. The van der Waals surface area contributed by atoms with E-state index in [0.717, 1.165) is 30.0 Å². The van der Waals surface area contributed by atoms with Gasteiger partial charge >= 0.3 is 11.7 Å². The third-order valence-corrected chi connectivity index (χ3v) is 6.40. The number of imidazole rings is 1. The van der Waals surface area contributed by atoms with Gasteiger partial charge in [0, 0.05) is 18.7 Å². The van der Waals surface area contributed by atoms with Gasteiger partial charge < -0.3 is 20.0 Å². The minimum absolute atomic E-state index is 0.138. The maximum absolute atomic E-state index is 12.7. The van der Waals surface area contributed by atoms with E-state index >= 15 is 0 Å². The fraction of sp³-hybridized carbons (Fsp3) is 0.250. The highest BCUT2D eigenvalue weighted by molar-refractivity contribution is 7.20. The zero-order valence-electron chi connectivity index (χ0n) is 16.4. The molecule has 0 spiro atoms. The molecule has 0 fully saturated rings. The van der Waals surface area contributed by atoms with Gasteiger partial charge in [-0.05, 0) is 37.1 Å². The average Bonchev–Trinajstić information content (AvgIpc) is 3.43. The van der Waals surface area contributed by atoms with Gasteiger partial charge in [0.25, 0.3) is 11.5 Å². The SMILES string of the molecule is Cc1c(C(=O)OCC(=O)Nc2ccc3[nH]c(=O)[nH]c3c2)sc2nc3n(c(=O)c12)CCC3. The van der Waals surface area contributed by atoms with Crippen LogP contribution < -0.4 is 16.6 Å². The first kappa shape index (κ1) is 19.2. The summed E-state index contributed by atoms with van der Waals surface area (Å²) in [6, 6.07) is 4.87. The number of hydrogen-bond donors (Lipinski definition) is 3. The van der Waals surface area contributed by atoms with Crippen LogP contribution in [0.25, 0.3) is 21.3 Å². The standard InChI is InChI=1S/C20H17N5O5S/c1-9-15-17(24-13-3-2-6-25(13)18(15)27)31-16(9)19(28)30-8-14(26)21-10-4-5-11-12(7-10)23-20(29)22-11/h4-5,7H,2-3,6,8H2,1H3,(H,21,26)(H2,22,23,29). The van der Waals surface area contributed by atoms with Crippen LogP contribution in [-0.4, -0.2) is 38.0 Å². The number of ether oxygens (including phenoxy) is 1. The maximum Gasteiger partial charge on any atom is 0.349 e. The number of carbonyl (C=O) groups is 2. The van der Waals surface area contributed by atoms with E-state index < -0.39 is 18.5 Å². The molecular weight excluding hydrogens is 422 g/mol. The second kappa shape index (κ2) is 7.20. The monoisotopic (exact) mass is 439 g/mol. The molecule has 0 unspecified atom stereocenters. The van der Waals surface area contributed by atoms with E-state index in [1.54, 1.807) is 29.7 Å². The molecule has 4 aromatic rings. The predicted octanol–water partition coefficient (Wildman–Crippen LogP) is 1.68. The molecule has 3 aromatic heterocycles. The zero-order valence-corrected chi connectivity index (χ0v) is 17.2. The third kappa shape index (κ3) is 3.32. The fourth-order valence-electron chi connectivity index (χ4n) is 3.77. The van der Waals surface area contributed by atoms with Crippen LogP contribution in [-0.2, 0) is 22.5 Å². The molecule has 4 heterocycles. The van der Waals surface area contributed by atoms with Crippen LogP contribution in [0.15, 0.2) is 27.8 Å². The molecule has 1 aromatic carbocycles. The van der Waals surface area contributed by atoms with Gasteiger partial charge in [-0.1, -0.05) is 0 Å². The number of amides is 1. The number of thiophene rings is 1. The Bertz CT molecular complexity index is 1490. The lowest BCUT2D eigenvalue weighted by molar-refractivity contribution is -0.119. The van der Waals surface area contributed by atoms with E-state index in [1.165, 1.54) is 0 Å². The molecule has 0 saturated carbocycles. The maximum atomic E-state index is 12.7. The quantitative estimate of drug-likeness (QED) is 0.414. The smallest absolute Gasteiger partial charge is 0.349 e. The number of nitrogens with one attached hydrogen (secondary N) is 3. The van der Waals surface area contributed by atoms with E-state index in [4.69, 9.17) is 4.74 Å². The molecule has 1 aliphatic rings. The van der Waals surface area contributed by atoms with Crippen molar-refractivity contribution in [2.24, 2.45) is 0 Å². The van der Waals surface area contributed by atoms with Crippen LogP contribution in [0.2, 0.25) is 0 Å². The Hall–Kier alpha value is -3.73. The van der Waals surface area contributed by atoms with Gasteiger partial charge in [0.1, 0.15) is 15.5 Å². The Labute approximate surface area is 177 Å². The Kier molecular flexibility index (Phi) is 4.47. The summed E-state index contributed by atoms with van der Waals surface area (Å²) >= 11 is 1.10. The van der Waals surface area contributed by atoms with Crippen LogP contribution in [0.3, 0.4) is 0 Å². The van der Waals surface area contributed by atoms with Gasteiger partial charge in [-0.2, -0.15) is 0 Å². The first-order valence-corrected chi connectivity index (χ1v) is 10.4. The Morgan fingerprint density at radius 1 is 1.26 bits per heavy atom. The number of aromatic amines is 2. The van der Waals surface area contributed by atoms with E-state index in [0.29, 0.717) is 39.0 Å². The second-order valence-electron chi connectivity index (χ2n) is 7.29. The number of hydrogen-bond acceptors (Lipinski definition) is 7. The van der Waals surface area contributed by atoms with Crippen LogP contribution >= 0.6 is 11.3 Å². The molecule has 31 heavy (non-hydrogen) atoms. The third-order valence-electron chi connectivity index (χ3n) is 5.23. The number of anilines is 1. The lowest BCUT2D eigenvalue weighted by atomic mass is 10.2. The number of benzene rings is 1. The highest BCUT2D eigenvalue weighted by Gasteiger charge is 2.24. The molecule has 1 amide bonds. The number of fused-ring (bicyclic) bond motifs is 3. The number of carbonyl (C=O) groups excluding carboxylic acids is 2. The lowest BCUT2D eigenvalue weighted by Gasteiger charge is -2.06. The predicted molar refractivity (Wildman–Crippen MR) is 115 cm³/mol. The van der Waals surface area contributed by atoms with Crippen LogP contribution in [0, 0.1) is 6.92 Å². The highest BCUT2D eigenvalue weighted by atomic mass is 32.1. The van der Waals surface area contributed by atoms with Crippen molar-refractivity contribution in [3.05, 3.63) is 55.3 Å².